The average molecular weight is 407 g/mol. The van der Waals surface area contributed by atoms with Crippen molar-refractivity contribution in [1.29, 1.82) is 0 Å². The van der Waals surface area contributed by atoms with Crippen LogP contribution in [0.25, 0.3) is 0 Å². The molecule has 0 aromatic heterocycles. The molecule has 2 aromatic rings. The van der Waals surface area contributed by atoms with Crippen LogP contribution in [0.1, 0.15) is 0 Å². The van der Waals surface area contributed by atoms with E-state index in [9.17, 15) is 13.2 Å². The van der Waals surface area contributed by atoms with Gasteiger partial charge in [-0.05, 0) is 30.3 Å². The van der Waals surface area contributed by atoms with Crippen LogP contribution in [0.5, 0.6) is 5.75 Å². The summed E-state index contributed by atoms with van der Waals surface area (Å²) in [6.45, 7) is -0.00208. The molecule has 152 valence electrons. The monoisotopic (exact) mass is 406 g/mol. The van der Waals surface area contributed by atoms with Gasteiger partial charge in [0.1, 0.15) is 5.75 Å². The van der Waals surface area contributed by atoms with Crippen LogP contribution in [-0.4, -0.2) is 60.5 Å². The van der Waals surface area contributed by atoms with Gasteiger partial charge >= 0.3 is 0 Å². The Morgan fingerprint density at radius 2 is 1.71 bits per heavy atom. The number of anilines is 3. The average Bonchev–Trinajstić information content (AvgIpc) is 2.66. The lowest BCUT2D eigenvalue weighted by Gasteiger charge is -2.20. The summed E-state index contributed by atoms with van der Waals surface area (Å²) in [5.41, 5.74) is 1.81. The number of para-hydroxylation sites is 2. The molecule has 2 N–H and O–H groups in total. The van der Waals surface area contributed by atoms with Gasteiger partial charge in [-0.1, -0.05) is 12.1 Å². The number of rotatable bonds is 8. The molecule has 28 heavy (non-hydrogen) atoms. The van der Waals surface area contributed by atoms with Gasteiger partial charge in [0.25, 0.3) is 0 Å². The van der Waals surface area contributed by atoms with E-state index in [4.69, 9.17) is 4.74 Å². The molecule has 0 fully saturated rings. The summed E-state index contributed by atoms with van der Waals surface area (Å²) in [4.78, 5) is 14.4. The first-order valence-electron chi connectivity index (χ1n) is 8.57. The van der Waals surface area contributed by atoms with Crippen LogP contribution in [0.3, 0.4) is 0 Å². The number of ether oxygens (including phenoxy) is 1. The quantitative estimate of drug-likeness (QED) is 0.697. The minimum absolute atomic E-state index is 0.00208. The second-order valence-corrected chi connectivity index (χ2v) is 8.61. The van der Waals surface area contributed by atoms with Crippen LogP contribution in [0.2, 0.25) is 0 Å². The van der Waals surface area contributed by atoms with Crippen LogP contribution >= 0.6 is 0 Å². The van der Waals surface area contributed by atoms with E-state index in [1.807, 2.05) is 32.3 Å². The zero-order chi connectivity index (χ0) is 20.9. The number of hydrogen-bond acceptors (Lipinski definition) is 6. The predicted molar refractivity (Wildman–Crippen MR) is 112 cm³/mol. The molecule has 0 saturated carbocycles. The highest BCUT2D eigenvalue weighted by atomic mass is 32.2. The van der Waals surface area contributed by atoms with Gasteiger partial charge in [0.15, 0.2) is 0 Å². The number of methoxy groups -OCH3 is 1. The van der Waals surface area contributed by atoms with Crippen molar-refractivity contribution in [3.8, 4) is 5.75 Å². The highest BCUT2D eigenvalue weighted by Gasteiger charge is 2.20. The summed E-state index contributed by atoms with van der Waals surface area (Å²) in [7, 11) is 4.51. The van der Waals surface area contributed by atoms with Crippen molar-refractivity contribution in [3.63, 3.8) is 0 Å². The SMILES string of the molecule is COc1ccccc1NCC(=O)Nc1cc(S(=O)(=O)N(C)C)ccc1N(C)C. The molecule has 0 aliphatic carbocycles. The number of carbonyl (C=O) groups excluding carboxylic acids is 1. The van der Waals surface area contributed by atoms with Gasteiger partial charge in [-0.25, -0.2) is 12.7 Å². The standard InChI is InChI=1S/C19H26N4O4S/c1-22(2)17-11-10-14(28(25,26)23(3)4)12-16(17)21-19(24)13-20-15-8-6-7-9-18(15)27-5/h6-12,20H,13H2,1-5H3,(H,21,24). The molecule has 0 aliphatic rings. The van der Waals surface area contributed by atoms with Crippen molar-refractivity contribution in [2.24, 2.45) is 0 Å². The Labute approximate surface area is 166 Å². The van der Waals surface area contributed by atoms with E-state index in [0.717, 1.165) is 4.31 Å². The van der Waals surface area contributed by atoms with Crippen LogP contribution < -0.4 is 20.3 Å². The largest absolute Gasteiger partial charge is 0.495 e. The smallest absolute Gasteiger partial charge is 0.243 e. The molecule has 1 amide bonds. The molecule has 0 radical (unpaired) electrons. The molecule has 9 heteroatoms. The second-order valence-electron chi connectivity index (χ2n) is 6.46. The lowest BCUT2D eigenvalue weighted by molar-refractivity contribution is -0.114. The number of nitrogens with one attached hydrogen (secondary N) is 2. The van der Waals surface area contributed by atoms with E-state index < -0.39 is 10.0 Å². The fourth-order valence-electron chi connectivity index (χ4n) is 2.54. The maximum absolute atomic E-state index is 12.5. The number of amides is 1. The van der Waals surface area contributed by atoms with Crippen molar-refractivity contribution in [1.82, 2.24) is 4.31 Å². The number of nitrogens with zero attached hydrogens (tertiary/aromatic N) is 2. The Morgan fingerprint density at radius 3 is 2.32 bits per heavy atom. The number of carbonyl (C=O) groups is 1. The lowest BCUT2D eigenvalue weighted by atomic mass is 10.2. The van der Waals surface area contributed by atoms with Crippen LogP contribution in [0, 0.1) is 0 Å². The van der Waals surface area contributed by atoms with Crippen molar-refractivity contribution in [3.05, 3.63) is 42.5 Å². The molecule has 2 rings (SSSR count). The van der Waals surface area contributed by atoms with E-state index in [1.54, 1.807) is 24.1 Å². The summed E-state index contributed by atoms with van der Waals surface area (Å²) in [6, 6.07) is 11.9. The van der Waals surface area contributed by atoms with Gasteiger partial charge in [0.05, 0.1) is 35.6 Å². The molecular formula is C19H26N4O4S. The first-order valence-corrected chi connectivity index (χ1v) is 10.0. The molecule has 2 aromatic carbocycles. The Morgan fingerprint density at radius 1 is 1.04 bits per heavy atom. The highest BCUT2D eigenvalue weighted by Crippen LogP contribution is 2.29. The van der Waals surface area contributed by atoms with E-state index in [2.05, 4.69) is 10.6 Å². The van der Waals surface area contributed by atoms with E-state index >= 15 is 0 Å². The van der Waals surface area contributed by atoms with Crippen LogP contribution in [0.4, 0.5) is 17.1 Å². The number of benzene rings is 2. The summed E-state index contributed by atoms with van der Waals surface area (Å²) >= 11 is 0. The van der Waals surface area contributed by atoms with Gasteiger partial charge in [0, 0.05) is 28.2 Å². The van der Waals surface area contributed by atoms with Crippen LogP contribution in [-0.2, 0) is 14.8 Å². The molecule has 0 atom stereocenters. The zero-order valence-corrected chi connectivity index (χ0v) is 17.5. The highest BCUT2D eigenvalue weighted by molar-refractivity contribution is 7.89. The predicted octanol–water partition coefficient (Wildman–Crippen LogP) is 2.06. The van der Waals surface area contributed by atoms with Gasteiger partial charge in [0.2, 0.25) is 15.9 Å². The van der Waals surface area contributed by atoms with E-state index in [-0.39, 0.29) is 17.3 Å². The maximum Gasteiger partial charge on any atom is 0.243 e. The first-order chi connectivity index (χ1) is 13.2. The first kappa shape index (κ1) is 21.5. The van der Waals surface area contributed by atoms with Gasteiger partial charge < -0.3 is 20.3 Å². The minimum Gasteiger partial charge on any atom is -0.495 e. The van der Waals surface area contributed by atoms with Gasteiger partial charge in [-0.2, -0.15) is 0 Å². The fraction of sp³-hybridized carbons (Fsp3) is 0.316. The molecule has 0 aliphatic heterocycles. The number of sulfonamides is 1. The van der Waals surface area contributed by atoms with Crippen molar-refractivity contribution in [2.45, 2.75) is 4.90 Å². The fourth-order valence-corrected chi connectivity index (χ4v) is 3.47. The minimum atomic E-state index is -3.61. The molecule has 0 spiro atoms. The lowest BCUT2D eigenvalue weighted by Crippen LogP contribution is -2.25. The summed E-state index contributed by atoms with van der Waals surface area (Å²) in [6.07, 6.45) is 0. The van der Waals surface area contributed by atoms with Crippen molar-refractivity contribution in [2.75, 3.05) is 57.4 Å². The summed E-state index contributed by atoms with van der Waals surface area (Å²) in [5, 5.41) is 5.80. The Balaban J connectivity index is 2.22. The molecule has 0 bridgehead atoms. The Bertz CT molecular complexity index is 943. The summed E-state index contributed by atoms with van der Waals surface area (Å²) in [5.74, 6) is 0.316. The van der Waals surface area contributed by atoms with Crippen molar-refractivity contribution >= 4 is 33.0 Å². The normalized spacial score (nSPS) is 11.2. The zero-order valence-electron chi connectivity index (χ0n) is 16.7. The Hall–Kier alpha value is -2.78. The molecular weight excluding hydrogens is 380 g/mol. The van der Waals surface area contributed by atoms with Crippen molar-refractivity contribution < 1.29 is 17.9 Å². The second kappa shape index (κ2) is 8.94. The van der Waals surface area contributed by atoms with E-state index in [1.165, 1.54) is 26.2 Å². The van der Waals surface area contributed by atoms with Gasteiger partial charge in [-0.15, -0.1) is 0 Å². The summed E-state index contributed by atoms with van der Waals surface area (Å²) < 4.78 is 31.2. The molecule has 0 heterocycles. The third kappa shape index (κ3) is 4.93. The topological polar surface area (TPSA) is 91.0 Å². The third-order valence-corrected chi connectivity index (χ3v) is 5.86. The third-order valence-electron chi connectivity index (χ3n) is 4.05. The maximum atomic E-state index is 12.5. The van der Waals surface area contributed by atoms with Crippen LogP contribution in [0.15, 0.2) is 47.4 Å². The Kier molecular flexibility index (Phi) is 6.87. The molecule has 8 nitrogen and oxygen atoms in total. The number of hydrogen-bond donors (Lipinski definition) is 2. The molecule has 0 unspecified atom stereocenters. The molecule has 0 saturated heterocycles. The van der Waals surface area contributed by atoms with E-state index in [0.29, 0.717) is 22.8 Å². The van der Waals surface area contributed by atoms with Gasteiger partial charge in [-0.3, -0.25) is 4.79 Å².